The third kappa shape index (κ3) is 2.61. The number of hydrogen-bond donors (Lipinski definition) is 2. The van der Waals surface area contributed by atoms with Crippen molar-refractivity contribution in [2.45, 2.75) is 30.7 Å². The smallest absolute Gasteiger partial charge is 0.182 e. The van der Waals surface area contributed by atoms with Gasteiger partial charge >= 0.3 is 0 Å². The van der Waals surface area contributed by atoms with Crippen LogP contribution in [0.2, 0.25) is 0 Å². The van der Waals surface area contributed by atoms with Crippen molar-refractivity contribution in [1.82, 2.24) is 0 Å². The zero-order chi connectivity index (χ0) is 12.5. The molecule has 0 radical (unpaired) electrons. The maximum atomic E-state index is 12.1. The summed E-state index contributed by atoms with van der Waals surface area (Å²) in [4.78, 5) is 0.423. The van der Waals surface area contributed by atoms with Gasteiger partial charge in [0.1, 0.15) is 0 Å². The van der Waals surface area contributed by atoms with Crippen LogP contribution >= 0.6 is 0 Å². The molecule has 1 aliphatic rings. The van der Waals surface area contributed by atoms with Crippen LogP contribution in [-0.4, -0.2) is 26.8 Å². The summed E-state index contributed by atoms with van der Waals surface area (Å²) in [7, 11) is -3.14. The van der Waals surface area contributed by atoms with E-state index in [-0.39, 0.29) is 11.8 Å². The molecule has 5 heteroatoms. The van der Waals surface area contributed by atoms with E-state index in [4.69, 9.17) is 5.73 Å². The van der Waals surface area contributed by atoms with E-state index in [1.807, 2.05) is 19.1 Å². The molecule has 1 heterocycles. The fraction of sp³-hybridized carbons (Fsp3) is 0.500. The molecule has 0 aliphatic carbocycles. The maximum Gasteiger partial charge on any atom is 0.182 e. The van der Waals surface area contributed by atoms with Crippen LogP contribution in [0.25, 0.3) is 0 Å². The molecule has 1 atom stereocenters. The van der Waals surface area contributed by atoms with Crippen molar-refractivity contribution in [3.8, 4) is 0 Å². The molecule has 0 saturated heterocycles. The number of rotatable bonds is 3. The van der Waals surface area contributed by atoms with Gasteiger partial charge in [-0.1, -0.05) is 6.07 Å². The summed E-state index contributed by atoms with van der Waals surface area (Å²) in [6.07, 6.45) is 1.64. The standard InChI is InChI=1S/C12H18N2O2S/c1-9-4-5-12-11(7-9)14-10(3-2-6-13)8-17(12,15)16/h4-5,7,10,14H,2-3,6,8,13H2,1H3. The molecule has 1 aromatic rings. The van der Waals surface area contributed by atoms with E-state index in [2.05, 4.69) is 5.32 Å². The first-order chi connectivity index (χ1) is 8.03. The van der Waals surface area contributed by atoms with E-state index in [0.29, 0.717) is 11.4 Å². The number of fused-ring (bicyclic) bond motifs is 1. The highest BCUT2D eigenvalue weighted by molar-refractivity contribution is 7.91. The van der Waals surface area contributed by atoms with Crippen molar-refractivity contribution < 1.29 is 8.42 Å². The summed E-state index contributed by atoms with van der Waals surface area (Å²) in [5.74, 6) is 0.170. The topological polar surface area (TPSA) is 72.2 Å². The Balaban J connectivity index is 2.32. The first-order valence-electron chi connectivity index (χ1n) is 5.83. The molecule has 0 spiro atoms. The molecular formula is C12H18N2O2S. The van der Waals surface area contributed by atoms with Crippen molar-refractivity contribution in [2.24, 2.45) is 5.73 Å². The molecule has 4 nitrogen and oxygen atoms in total. The van der Waals surface area contributed by atoms with Gasteiger partial charge in [-0.15, -0.1) is 0 Å². The second-order valence-corrected chi connectivity index (χ2v) is 6.56. The summed E-state index contributed by atoms with van der Waals surface area (Å²) in [5.41, 5.74) is 7.25. The van der Waals surface area contributed by atoms with Gasteiger partial charge in [-0.05, 0) is 44.0 Å². The number of hydrogen-bond acceptors (Lipinski definition) is 4. The Hall–Kier alpha value is -1.07. The van der Waals surface area contributed by atoms with E-state index < -0.39 is 9.84 Å². The molecule has 0 fully saturated rings. The second kappa shape index (κ2) is 4.66. The highest BCUT2D eigenvalue weighted by atomic mass is 32.2. The maximum absolute atomic E-state index is 12.1. The van der Waals surface area contributed by atoms with E-state index in [0.717, 1.165) is 24.1 Å². The van der Waals surface area contributed by atoms with Crippen LogP contribution in [0, 0.1) is 6.92 Å². The summed E-state index contributed by atoms with van der Waals surface area (Å²) in [6, 6.07) is 5.39. The molecular weight excluding hydrogens is 236 g/mol. The van der Waals surface area contributed by atoms with Crippen molar-refractivity contribution >= 4 is 15.5 Å². The molecule has 1 aromatic carbocycles. The third-order valence-electron chi connectivity index (χ3n) is 3.01. The van der Waals surface area contributed by atoms with Crippen molar-refractivity contribution in [3.63, 3.8) is 0 Å². The van der Waals surface area contributed by atoms with Crippen LogP contribution in [-0.2, 0) is 9.84 Å². The summed E-state index contributed by atoms with van der Waals surface area (Å²) in [6.45, 7) is 2.55. The zero-order valence-corrected chi connectivity index (χ0v) is 10.8. The van der Waals surface area contributed by atoms with Gasteiger partial charge in [0.2, 0.25) is 0 Å². The Labute approximate surface area is 102 Å². The van der Waals surface area contributed by atoms with E-state index in [9.17, 15) is 8.42 Å². The number of nitrogens with two attached hydrogens (primary N) is 1. The highest BCUT2D eigenvalue weighted by Crippen LogP contribution is 2.30. The van der Waals surface area contributed by atoms with Gasteiger partial charge in [-0.2, -0.15) is 0 Å². The second-order valence-electron chi connectivity index (χ2n) is 4.55. The molecule has 0 bridgehead atoms. The molecule has 0 saturated carbocycles. The van der Waals surface area contributed by atoms with Gasteiger partial charge in [0.15, 0.2) is 9.84 Å². The molecule has 0 aromatic heterocycles. The molecule has 1 aliphatic heterocycles. The molecule has 17 heavy (non-hydrogen) atoms. The summed E-state index contributed by atoms with van der Waals surface area (Å²) in [5, 5.41) is 3.29. The van der Waals surface area contributed by atoms with Crippen LogP contribution in [0.1, 0.15) is 18.4 Å². The van der Waals surface area contributed by atoms with E-state index in [1.54, 1.807) is 6.07 Å². The largest absolute Gasteiger partial charge is 0.380 e. The Morgan fingerprint density at radius 3 is 2.94 bits per heavy atom. The molecule has 94 valence electrons. The predicted octanol–water partition coefficient (Wildman–Crippen LogP) is 1.30. The first kappa shape index (κ1) is 12.4. The fourth-order valence-corrected chi connectivity index (χ4v) is 3.85. The third-order valence-corrected chi connectivity index (χ3v) is 4.87. The summed E-state index contributed by atoms with van der Waals surface area (Å²) < 4.78 is 24.2. The lowest BCUT2D eigenvalue weighted by Crippen LogP contribution is -2.34. The Bertz CT molecular complexity index is 511. The minimum atomic E-state index is -3.14. The Morgan fingerprint density at radius 1 is 1.47 bits per heavy atom. The normalized spacial score (nSPS) is 21.6. The lowest BCUT2D eigenvalue weighted by Gasteiger charge is -2.27. The molecule has 0 amide bonds. The van der Waals surface area contributed by atoms with Crippen LogP contribution < -0.4 is 11.1 Å². The predicted molar refractivity (Wildman–Crippen MR) is 68.9 cm³/mol. The lowest BCUT2D eigenvalue weighted by molar-refractivity contribution is 0.575. The molecule has 3 N–H and O–H groups in total. The van der Waals surface area contributed by atoms with Crippen LogP contribution in [0.5, 0.6) is 0 Å². The van der Waals surface area contributed by atoms with Crippen LogP contribution in [0.3, 0.4) is 0 Å². The average molecular weight is 254 g/mol. The van der Waals surface area contributed by atoms with Gasteiger partial charge in [0.25, 0.3) is 0 Å². The van der Waals surface area contributed by atoms with E-state index in [1.165, 1.54) is 0 Å². The van der Waals surface area contributed by atoms with Crippen LogP contribution in [0.15, 0.2) is 23.1 Å². The molecule has 1 unspecified atom stereocenters. The Morgan fingerprint density at radius 2 is 2.24 bits per heavy atom. The number of sulfone groups is 1. The molecule has 2 rings (SSSR count). The Kier molecular flexibility index (Phi) is 3.40. The van der Waals surface area contributed by atoms with Crippen molar-refractivity contribution in [3.05, 3.63) is 23.8 Å². The van der Waals surface area contributed by atoms with Crippen molar-refractivity contribution in [2.75, 3.05) is 17.6 Å². The minimum absolute atomic E-state index is 0.0159. The SMILES string of the molecule is Cc1ccc2c(c1)NC(CCCN)CS2(=O)=O. The quantitative estimate of drug-likeness (QED) is 0.853. The van der Waals surface area contributed by atoms with Gasteiger partial charge < -0.3 is 11.1 Å². The lowest BCUT2D eigenvalue weighted by atomic mass is 10.1. The summed E-state index contributed by atoms with van der Waals surface area (Å²) >= 11 is 0. The number of anilines is 1. The number of nitrogens with one attached hydrogen (secondary N) is 1. The average Bonchev–Trinajstić information content (AvgIpc) is 2.24. The van der Waals surface area contributed by atoms with Gasteiger partial charge in [0, 0.05) is 6.04 Å². The highest BCUT2D eigenvalue weighted by Gasteiger charge is 2.29. The zero-order valence-electron chi connectivity index (χ0n) is 9.94. The first-order valence-corrected chi connectivity index (χ1v) is 7.48. The monoisotopic (exact) mass is 254 g/mol. The van der Waals surface area contributed by atoms with Gasteiger partial charge in [-0.25, -0.2) is 8.42 Å². The number of aryl methyl sites for hydroxylation is 1. The van der Waals surface area contributed by atoms with Crippen LogP contribution in [0.4, 0.5) is 5.69 Å². The van der Waals surface area contributed by atoms with Crippen molar-refractivity contribution in [1.29, 1.82) is 0 Å². The number of benzene rings is 1. The minimum Gasteiger partial charge on any atom is -0.380 e. The van der Waals surface area contributed by atoms with Gasteiger partial charge in [-0.3, -0.25) is 0 Å². The van der Waals surface area contributed by atoms with E-state index >= 15 is 0 Å². The fourth-order valence-electron chi connectivity index (χ4n) is 2.16. The van der Waals surface area contributed by atoms with Gasteiger partial charge in [0.05, 0.1) is 16.3 Å².